The number of nitrogens with one attached hydrogen (secondary N) is 3. The molecule has 0 radical (unpaired) electrons. The van der Waals surface area contributed by atoms with Gasteiger partial charge >= 0.3 is 0 Å². The van der Waals surface area contributed by atoms with Gasteiger partial charge in [-0.1, -0.05) is 24.3 Å². The van der Waals surface area contributed by atoms with Gasteiger partial charge in [-0.25, -0.2) is 0 Å². The fraction of sp³-hybridized carbons (Fsp3) is 0.389. The molecule has 2 rings (SSSR count). The Morgan fingerprint density at radius 1 is 1.16 bits per heavy atom. The van der Waals surface area contributed by atoms with E-state index in [-0.39, 0.29) is 42.0 Å². The number of benzene rings is 1. The van der Waals surface area contributed by atoms with Crippen LogP contribution in [0.3, 0.4) is 0 Å². The summed E-state index contributed by atoms with van der Waals surface area (Å²) in [6.07, 6.45) is 1.79. The van der Waals surface area contributed by atoms with Gasteiger partial charge in [-0.3, -0.25) is 14.8 Å². The largest absolute Gasteiger partial charge is 0.352 e. The molecule has 136 valence electrons. The molecule has 3 N–H and O–H groups in total. The lowest BCUT2D eigenvalue weighted by molar-refractivity contribution is -0.121. The molecule has 1 aromatic heterocycles. The van der Waals surface area contributed by atoms with E-state index in [4.69, 9.17) is 0 Å². The maximum Gasteiger partial charge on any atom is 0.239 e. The van der Waals surface area contributed by atoms with Crippen molar-refractivity contribution < 1.29 is 4.79 Å². The molecule has 0 aliphatic heterocycles. The first-order valence-electron chi connectivity index (χ1n) is 7.97. The first-order valence-corrected chi connectivity index (χ1v) is 7.97. The van der Waals surface area contributed by atoms with E-state index < -0.39 is 0 Å². The van der Waals surface area contributed by atoms with Crippen LogP contribution in [0.1, 0.15) is 26.3 Å². The topological polar surface area (TPSA) is 78.4 Å². The Labute approximate surface area is 165 Å². The normalized spacial score (nSPS) is 11.6. The second kappa shape index (κ2) is 9.55. The van der Waals surface area contributed by atoms with Crippen molar-refractivity contribution in [2.24, 2.45) is 4.99 Å². The van der Waals surface area contributed by atoms with Crippen molar-refractivity contribution in [3.8, 4) is 0 Å². The number of fused-ring (bicyclic) bond motifs is 1. The highest BCUT2D eigenvalue weighted by Gasteiger charge is 2.13. The zero-order chi connectivity index (χ0) is 17.6. The van der Waals surface area contributed by atoms with Crippen LogP contribution in [0.25, 0.3) is 10.9 Å². The number of nitrogens with zero attached hydrogens (tertiary/aromatic N) is 2. The molecule has 0 aliphatic carbocycles. The highest BCUT2D eigenvalue weighted by molar-refractivity contribution is 14.0. The summed E-state index contributed by atoms with van der Waals surface area (Å²) in [5, 5.41) is 10.2. The highest BCUT2D eigenvalue weighted by atomic mass is 127. The third-order valence-corrected chi connectivity index (χ3v) is 3.32. The van der Waals surface area contributed by atoms with E-state index in [1.807, 2.05) is 51.1 Å². The molecule has 1 heterocycles. The Bertz CT molecular complexity index is 734. The van der Waals surface area contributed by atoms with Gasteiger partial charge < -0.3 is 16.0 Å². The number of para-hydroxylation sites is 1. The van der Waals surface area contributed by atoms with Gasteiger partial charge in [0.1, 0.15) is 0 Å². The SMILES string of the molecule is CN=C(NCC(=O)NC(C)(C)C)NCc1cccc2cccnc12.I. The van der Waals surface area contributed by atoms with Crippen molar-refractivity contribution in [3.05, 3.63) is 42.1 Å². The smallest absolute Gasteiger partial charge is 0.239 e. The second-order valence-electron chi connectivity index (χ2n) is 6.57. The molecule has 1 amide bonds. The van der Waals surface area contributed by atoms with E-state index in [0.717, 1.165) is 16.5 Å². The standard InChI is InChI=1S/C18H25N5O.HI/c1-18(2,3)23-15(24)12-22-17(19-4)21-11-14-8-5-7-13-9-6-10-20-16(13)14;/h5-10H,11-12H2,1-4H3,(H,23,24)(H2,19,21,22);1H. The van der Waals surface area contributed by atoms with Crippen molar-refractivity contribution in [1.29, 1.82) is 0 Å². The van der Waals surface area contributed by atoms with E-state index >= 15 is 0 Å². The number of pyridine rings is 1. The number of carbonyl (C=O) groups excluding carboxylic acids is 1. The van der Waals surface area contributed by atoms with Gasteiger partial charge in [0.25, 0.3) is 0 Å². The van der Waals surface area contributed by atoms with Crippen molar-refractivity contribution in [3.63, 3.8) is 0 Å². The van der Waals surface area contributed by atoms with Crippen LogP contribution in [0.15, 0.2) is 41.5 Å². The third kappa shape index (κ3) is 6.85. The molecule has 6 nitrogen and oxygen atoms in total. The minimum atomic E-state index is -0.246. The molecule has 0 bridgehead atoms. The third-order valence-electron chi connectivity index (χ3n) is 3.32. The summed E-state index contributed by atoms with van der Waals surface area (Å²) in [5.74, 6) is 0.504. The maximum absolute atomic E-state index is 11.9. The number of aliphatic imine (C=N–C) groups is 1. The van der Waals surface area contributed by atoms with Gasteiger partial charge in [-0.05, 0) is 32.4 Å². The van der Waals surface area contributed by atoms with Crippen LogP contribution in [-0.2, 0) is 11.3 Å². The zero-order valence-electron chi connectivity index (χ0n) is 15.1. The predicted molar refractivity (Wildman–Crippen MR) is 113 cm³/mol. The van der Waals surface area contributed by atoms with Crippen molar-refractivity contribution in [1.82, 2.24) is 20.9 Å². The van der Waals surface area contributed by atoms with E-state index in [9.17, 15) is 4.79 Å². The molecule has 0 spiro atoms. The summed E-state index contributed by atoms with van der Waals surface area (Å²) in [5.41, 5.74) is 1.80. The van der Waals surface area contributed by atoms with Gasteiger partial charge in [-0.2, -0.15) is 0 Å². The number of carbonyl (C=O) groups is 1. The molecule has 25 heavy (non-hydrogen) atoms. The number of guanidine groups is 1. The Morgan fingerprint density at radius 2 is 1.88 bits per heavy atom. The van der Waals surface area contributed by atoms with Crippen molar-refractivity contribution in [2.45, 2.75) is 32.9 Å². The molecule has 0 saturated carbocycles. The van der Waals surface area contributed by atoms with Gasteiger partial charge in [0.05, 0.1) is 12.1 Å². The maximum atomic E-state index is 11.9. The molecule has 1 aromatic carbocycles. The average molecular weight is 455 g/mol. The van der Waals surface area contributed by atoms with Crippen LogP contribution in [0.4, 0.5) is 0 Å². The van der Waals surface area contributed by atoms with Crippen LogP contribution in [0, 0.1) is 0 Å². The number of amides is 1. The minimum absolute atomic E-state index is 0. The van der Waals surface area contributed by atoms with E-state index in [2.05, 4.69) is 25.9 Å². The quantitative estimate of drug-likeness (QED) is 0.376. The highest BCUT2D eigenvalue weighted by Crippen LogP contribution is 2.15. The fourth-order valence-electron chi connectivity index (χ4n) is 2.34. The van der Waals surface area contributed by atoms with Crippen LogP contribution >= 0.6 is 24.0 Å². The summed E-state index contributed by atoms with van der Waals surface area (Å²) in [6, 6.07) is 10.0. The Balaban J connectivity index is 0.00000312. The average Bonchev–Trinajstić information content (AvgIpc) is 2.53. The molecule has 0 saturated heterocycles. The summed E-state index contributed by atoms with van der Waals surface area (Å²) >= 11 is 0. The van der Waals surface area contributed by atoms with E-state index in [1.54, 1.807) is 13.2 Å². The van der Waals surface area contributed by atoms with Crippen molar-refractivity contribution >= 4 is 46.7 Å². The monoisotopic (exact) mass is 455 g/mol. The number of rotatable bonds is 4. The second-order valence-corrected chi connectivity index (χ2v) is 6.57. The first-order chi connectivity index (χ1) is 11.4. The fourth-order valence-corrected chi connectivity index (χ4v) is 2.34. The van der Waals surface area contributed by atoms with Crippen LogP contribution in [0.2, 0.25) is 0 Å². The molecule has 0 atom stereocenters. The summed E-state index contributed by atoms with van der Waals surface area (Å²) in [7, 11) is 1.68. The number of hydrogen-bond acceptors (Lipinski definition) is 3. The number of hydrogen-bond donors (Lipinski definition) is 3. The molecular weight excluding hydrogens is 429 g/mol. The van der Waals surface area contributed by atoms with Crippen LogP contribution < -0.4 is 16.0 Å². The number of aromatic nitrogens is 1. The molecule has 0 unspecified atom stereocenters. The molecule has 7 heteroatoms. The predicted octanol–water partition coefficient (Wildman–Crippen LogP) is 2.43. The molecule has 0 aliphatic rings. The summed E-state index contributed by atoms with van der Waals surface area (Å²) in [4.78, 5) is 20.4. The van der Waals surface area contributed by atoms with Gasteiger partial charge in [0.2, 0.25) is 5.91 Å². The van der Waals surface area contributed by atoms with Crippen LogP contribution in [0.5, 0.6) is 0 Å². The summed E-state index contributed by atoms with van der Waals surface area (Å²) in [6.45, 7) is 6.60. The van der Waals surface area contributed by atoms with Gasteiger partial charge in [-0.15, -0.1) is 24.0 Å². The van der Waals surface area contributed by atoms with E-state index in [1.165, 1.54) is 0 Å². The van der Waals surface area contributed by atoms with Crippen LogP contribution in [-0.4, -0.2) is 36.0 Å². The Hall–Kier alpha value is -1.90. The first kappa shape index (κ1) is 21.1. The Morgan fingerprint density at radius 3 is 2.56 bits per heavy atom. The summed E-state index contributed by atoms with van der Waals surface area (Å²) < 4.78 is 0. The lowest BCUT2D eigenvalue weighted by Crippen LogP contribution is -2.48. The van der Waals surface area contributed by atoms with E-state index in [0.29, 0.717) is 12.5 Å². The van der Waals surface area contributed by atoms with Gasteiger partial charge in [0, 0.05) is 30.7 Å². The lowest BCUT2D eigenvalue weighted by atomic mass is 10.1. The van der Waals surface area contributed by atoms with Crippen molar-refractivity contribution in [2.75, 3.05) is 13.6 Å². The minimum Gasteiger partial charge on any atom is -0.352 e. The lowest BCUT2D eigenvalue weighted by Gasteiger charge is -2.21. The number of halogens is 1. The molecule has 2 aromatic rings. The molecular formula is C18H26IN5O. The zero-order valence-corrected chi connectivity index (χ0v) is 17.4. The molecule has 0 fully saturated rings. The Kier molecular flexibility index (Phi) is 8.08. The van der Waals surface area contributed by atoms with Gasteiger partial charge in [0.15, 0.2) is 5.96 Å².